The average molecular weight is 465 g/mol. The second-order valence-corrected chi connectivity index (χ2v) is 7.72. The summed E-state index contributed by atoms with van der Waals surface area (Å²) in [6.45, 7) is 1.43. The molecular formula is C18H12F5NO4S2. The number of alkyl halides is 3. The van der Waals surface area contributed by atoms with Crippen molar-refractivity contribution in [1.82, 2.24) is 0 Å². The van der Waals surface area contributed by atoms with Gasteiger partial charge in [-0.1, -0.05) is 12.1 Å². The number of thiophene rings is 2. The van der Waals surface area contributed by atoms with E-state index >= 15 is 0 Å². The summed E-state index contributed by atoms with van der Waals surface area (Å²) in [6, 6.07) is 3.28. The highest BCUT2D eigenvalue weighted by atomic mass is 32.1. The number of hydrogen-bond acceptors (Lipinski definition) is 6. The van der Waals surface area contributed by atoms with Gasteiger partial charge in [0.2, 0.25) is 0 Å². The number of aldehydes is 1. The third-order valence-corrected chi connectivity index (χ3v) is 5.63. The van der Waals surface area contributed by atoms with Gasteiger partial charge in [-0.05, 0) is 12.5 Å². The number of aryl methyl sites for hydroxylation is 1. The first-order valence-corrected chi connectivity index (χ1v) is 9.48. The van der Waals surface area contributed by atoms with Crippen molar-refractivity contribution in [1.29, 1.82) is 0 Å². The van der Waals surface area contributed by atoms with Crippen LogP contribution in [0.25, 0.3) is 11.1 Å². The molecule has 0 amide bonds. The van der Waals surface area contributed by atoms with E-state index in [1.165, 1.54) is 24.4 Å². The first kappa shape index (κ1) is 23.3. The number of aromatic hydroxyl groups is 1. The topological polar surface area (TPSA) is 101 Å². The van der Waals surface area contributed by atoms with E-state index in [4.69, 9.17) is 15.9 Å². The molecule has 0 saturated carbocycles. The van der Waals surface area contributed by atoms with Crippen LogP contribution in [-0.2, 0) is 6.18 Å². The summed E-state index contributed by atoms with van der Waals surface area (Å²) in [7, 11) is 0. The fraction of sp³-hybridized carbons (Fsp3) is 0.111. The minimum atomic E-state index is -4.50. The minimum Gasteiger partial charge on any atom is -0.506 e. The average Bonchev–Trinajstić information content (AvgIpc) is 3.23. The van der Waals surface area contributed by atoms with E-state index in [9.17, 15) is 31.5 Å². The Bertz CT molecular complexity index is 1100. The molecule has 5 nitrogen and oxygen atoms in total. The van der Waals surface area contributed by atoms with Crippen LogP contribution in [0.15, 0.2) is 23.6 Å². The number of rotatable bonds is 3. The number of aromatic carboxylic acids is 1. The van der Waals surface area contributed by atoms with E-state index in [-0.39, 0.29) is 49.8 Å². The highest BCUT2D eigenvalue weighted by Gasteiger charge is 2.33. The van der Waals surface area contributed by atoms with Crippen molar-refractivity contribution in [3.05, 3.63) is 56.1 Å². The van der Waals surface area contributed by atoms with Crippen molar-refractivity contribution in [3.8, 4) is 16.9 Å². The number of halogens is 5. The number of anilines is 1. The van der Waals surface area contributed by atoms with Gasteiger partial charge in [0.05, 0.1) is 0 Å². The molecule has 0 saturated heterocycles. The molecule has 12 heteroatoms. The number of nitrogen functional groups attached to an aromatic ring is 1. The van der Waals surface area contributed by atoms with Crippen LogP contribution >= 0.6 is 22.7 Å². The summed E-state index contributed by atoms with van der Waals surface area (Å²) in [5, 5.41) is 19.3. The molecule has 0 aliphatic heterocycles. The molecule has 0 aliphatic rings. The van der Waals surface area contributed by atoms with Gasteiger partial charge in [-0.2, -0.15) is 13.2 Å². The molecule has 3 rings (SSSR count). The van der Waals surface area contributed by atoms with E-state index in [1.807, 2.05) is 0 Å². The molecule has 160 valence electrons. The number of carbonyl (C=O) groups is 2. The normalized spacial score (nSPS) is 11.0. The Hall–Kier alpha value is -2.99. The molecule has 2 aromatic heterocycles. The van der Waals surface area contributed by atoms with Crippen LogP contribution in [0.3, 0.4) is 0 Å². The first-order chi connectivity index (χ1) is 13.9. The lowest BCUT2D eigenvalue weighted by atomic mass is 10.0. The third kappa shape index (κ3) is 4.76. The van der Waals surface area contributed by atoms with E-state index in [0.717, 1.165) is 11.3 Å². The number of benzene rings is 1. The number of carbonyl (C=O) groups excluding carboxylic acids is 1. The summed E-state index contributed by atoms with van der Waals surface area (Å²) in [4.78, 5) is 19.8. The summed E-state index contributed by atoms with van der Waals surface area (Å²) in [5.41, 5.74) is 5.49. The quantitative estimate of drug-likeness (QED) is 0.347. The van der Waals surface area contributed by atoms with Crippen molar-refractivity contribution in [2.75, 3.05) is 5.73 Å². The maximum Gasteiger partial charge on any atom is 0.425 e. The minimum absolute atomic E-state index is 0.0675. The molecule has 0 atom stereocenters. The molecule has 0 spiro atoms. The largest absolute Gasteiger partial charge is 0.506 e. The van der Waals surface area contributed by atoms with Crippen LogP contribution in [-0.4, -0.2) is 22.5 Å². The fourth-order valence-electron chi connectivity index (χ4n) is 2.27. The SMILES string of the molecule is Cc1ccc(-c2csc(N)c2C(=O)O)c(F)c1F.O=Cc1sc(C(F)(F)F)cc1O. The molecular weight excluding hydrogens is 453 g/mol. The van der Waals surface area contributed by atoms with Gasteiger partial charge in [-0.25, -0.2) is 13.6 Å². The summed E-state index contributed by atoms with van der Waals surface area (Å²) >= 11 is 1.20. The van der Waals surface area contributed by atoms with E-state index in [2.05, 4.69) is 0 Å². The van der Waals surface area contributed by atoms with Crippen LogP contribution < -0.4 is 5.73 Å². The van der Waals surface area contributed by atoms with Gasteiger partial charge in [-0.15, -0.1) is 22.7 Å². The molecule has 0 unspecified atom stereocenters. The summed E-state index contributed by atoms with van der Waals surface area (Å²) in [6.07, 6.45) is -4.31. The predicted molar refractivity (Wildman–Crippen MR) is 102 cm³/mol. The van der Waals surface area contributed by atoms with Gasteiger partial charge in [-0.3, -0.25) is 4.79 Å². The van der Waals surface area contributed by atoms with Gasteiger partial charge in [0.15, 0.2) is 17.9 Å². The first-order valence-electron chi connectivity index (χ1n) is 7.78. The highest BCUT2D eigenvalue weighted by molar-refractivity contribution is 7.15. The van der Waals surface area contributed by atoms with Crippen LogP contribution in [0.1, 0.15) is 30.5 Å². The molecule has 30 heavy (non-hydrogen) atoms. The highest BCUT2D eigenvalue weighted by Crippen LogP contribution is 2.38. The van der Waals surface area contributed by atoms with Gasteiger partial charge in [0, 0.05) is 22.6 Å². The molecule has 0 aliphatic carbocycles. The fourth-order valence-corrected chi connectivity index (χ4v) is 3.80. The number of hydrogen-bond donors (Lipinski definition) is 3. The summed E-state index contributed by atoms with van der Waals surface area (Å²) < 4.78 is 63.0. The molecule has 1 aromatic carbocycles. The monoisotopic (exact) mass is 465 g/mol. The zero-order chi connectivity index (χ0) is 22.8. The van der Waals surface area contributed by atoms with Gasteiger partial charge in [0.1, 0.15) is 26.1 Å². The van der Waals surface area contributed by atoms with Crippen LogP contribution in [0, 0.1) is 18.6 Å². The Kier molecular flexibility index (Phi) is 6.83. The molecule has 0 fully saturated rings. The number of carboxylic acids is 1. The maximum atomic E-state index is 13.8. The summed E-state index contributed by atoms with van der Waals surface area (Å²) in [5.74, 6) is -3.92. The Morgan fingerprint density at radius 2 is 1.80 bits per heavy atom. The van der Waals surface area contributed by atoms with Crippen LogP contribution in [0.4, 0.5) is 27.0 Å². The zero-order valence-electron chi connectivity index (χ0n) is 14.9. The Balaban J connectivity index is 0.000000232. The number of carboxylic acid groups (broad SMARTS) is 1. The Labute approximate surface area is 173 Å². The second kappa shape index (κ2) is 8.79. The van der Waals surface area contributed by atoms with Gasteiger partial charge in [0.25, 0.3) is 0 Å². The maximum absolute atomic E-state index is 13.8. The lowest BCUT2D eigenvalue weighted by Gasteiger charge is -2.06. The van der Waals surface area contributed by atoms with E-state index in [1.54, 1.807) is 0 Å². The lowest BCUT2D eigenvalue weighted by Crippen LogP contribution is -2.02. The molecule has 4 N–H and O–H groups in total. The van der Waals surface area contributed by atoms with Crippen molar-refractivity contribution in [2.24, 2.45) is 0 Å². The zero-order valence-corrected chi connectivity index (χ0v) is 16.5. The van der Waals surface area contributed by atoms with Crippen LogP contribution in [0.5, 0.6) is 5.75 Å². The van der Waals surface area contributed by atoms with Crippen molar-refractivity contribution >= 4 is 39.9 Å². The standard InChI is InChI=1S/C12H9F2NO2S.C6H3F3O2S/c1-5-2-3-6(10(14)9(5)13)7-4-18-11(15)8(7)12(16)17;7-6(8,9)5-1-3(11)4(2-10)12-5/h2-4H,15H2,1H3,(H,16,17);1-2,11H. The van der Waals surface area contributed by atoms with Crippen molar-refractivity contribution in [3.63, 3.8) is 0 Å². The van der Waals surface area contributed by atoms with Crippen molar-refractivity contribution in [2.45, 2.75) is 13.1 Å². The van der Waals surface area contributed by atoms with E-state index in [0.29, 0.717) is 6.07 Å². The number of nitrogens with two attached hydrogens (primary N) is 1. The molecule has 0 radical (unpaired) electrons. The van der Waals surface area contributed by atoms with E-state index < -0.39 is 34.4 Å². The smallest absolute Gasteiger partial charge is 0.425 e. The second-order valence-electron chi connectivity index (χ2n) is 5.73. The molecule has 3 aromatic rings. The van der Waals surface area contributed by atoms with Crippen LogP contribution in [0.2, 0.25) is 0 Å². The Morgan fingerprint density at radius 3 is 2.27 bits per heavy atom. The Morgan fingerprint density at radius 1 is 1.17 bits per heavy atom. The third-order valence-electron chi connectivity index (χ3n) is 3.73. The molecule has 2 heterocycles. The predicted octanol–water partition coefficient (Wildman–Crippen LogP) is 5.57. The van der Waals surface area contributed by atoms with Gasteiger partial charge < -0.3 is 15.9 Å². The van der Waals surface area contributed by atoms with Gasteiger partial charge >= 0.3 is 12.1 Å². The molecule has 0 bridgehead atoms. The van der Waals surface area contributed by atoms with Crippen molar-refractivity contribution < 1.29 is 41.8 Å². The lowest BCUT2D eigenvalue weighted by molar-refractivity contribution is -0.134.